The number of carbonyl (C=O) groups is 2. The number of hydrogen-bond acceptors (Lipinski definition) is 2. The van der Waals surface area contributed by atoms with E-state index in [4.69, 9.17) is 19.8 Å². The number of carboxylic acids is 2. The van der Waals surface area contributed by atoms with Crippen LogP contribution in [0.3, 0.4) is 0 Å². The number of carboxylic acid groups (broad SMARTS) is 2. The zero-order chi connectivity index (χ0) is 18.4. The van der Waals surface area contributed by atoms with Crippen molar-refractivity contribution >= 4 is 28.1 Å². The van der Waals surface area contributed by atoms with Crippen LogP contribution in [0.15, 0.2) is 24.6 Å². The second kappa shape index (κ2) is 24.9. The van der Waals surface area contributed by atoms with Crippen molar-refractivity contribution < 1.29 is 53.9 Å². The summed E-state index contributed by atoms with van der Waals surface area (Å²) in [6, 6.07) is 5.36. The van der Waals surface area contributed by atoms with E-state index in [2.05, 4.69) is 65.3 Å². The summed E-state index contributed by atoms with van der Waals surface area (Å²) in [5.74, 6) is -3.65. The van der Waals surface area contributed by atoms with E-state index in [-0.39, 0.29) is 49.0 Å². The molecule has 0 amide bonds. The Hall–Kier alpha value is -0.107. The molecule has 0 fully saturated rings. The van der Waals surface area contributed by atoms with Gasteiger partial charge in [0.25, 0.3) is 0 Å². The number of rotatable bonds is 6. The molecular formula is C18H40Cu2O4Si2. The van der Waals surface area contributed by atoms with E-state index >= 15 is 0 Å². The van der Waals surface area contributed by atoms with E-state index in [1.165, 1.54) is 24.2 Å². The minimum absolute atomic E-state index is 0. The first kappa shape index (κ1) is 45.0. The molecule has 0 aromatic carbocycles. The summed E-state index contributed by atoms with van der Waals surface area (Å²) >= 11 is 0. The van der Waals surface area contributed by atoms with Gasteiger partial charge in [-0.25, -0.2) is 9.59 Å². The summed E-state index contributed by atoms with van der Waals surface area (Å²) in [5, 5.41) is 14.8. The van der Waals surface area contributed by atoms with Crippen LogP contribution in [0.25, 0.3) is 0 Å². The van der Waals surface area contributed by atoms with E-state index in [1.807, 2.05) is 0 Å². The molecule has 0 bridgehead atoms. The number of hydrogen-bond donors (Lipinski definition) is 2. The fourth-order valence-corrected chi connectivity index (χ4v) is 3.23. The summed E-state index contributed by atoms with van der Waals surface area (Å²) in [5.41, 5.74) is 4.38. The summed E-state index contributed by atoms with van der Waals surface area (Å²) in [6.45, 7) is 21.5. The first-order chi connectivity index (χ1) is 10.0. The van der Waals surface area contributed by atoms with E-state index in [0.717, 1.165) is 0 Å². The smallest absolute Gasteiger partial charge is 0.473 e. The van der Waals surface area contributed by atoms with Gasteiger partial charge in [0, 0.05) is 0 Å². The van der Waals surface area contributed by atoms with Crippen molar-refractivity contribution in [3.05, 3.63) is 39.4 Å². The fraction of sp³-hybridized carbons (Fsp3) is 0.556. The van der Waals surface area contributed by atoms with Crippen LogP contribution in [0.2, 0.25) is 37.3 Å². The second-order valence-electron chi connectivity index (χ2n) is 5.74. The molecule has 0 radical (unpaired) electrons. The third-order valence-corrected chi connectivity index (χ3v) is 12.8. The molecule has 2 N–H and O–H groups in total. The van der Waals surface area contributed by atoms with Crippen LogP contribution in [-0.4, -0.2) is 38.3 Å². The van der Waals surface area contributed by atoms with Crippen molar-refractivity contribution in [3.8, 4) is 0 Å². The predicted molar refractivity (Wildman–Crippen MR) is 114 cm³/mol. The molecule has 0 aliphatic heterocycles. The zero-order valence-corrected chi connectivity index (χ0v) is 21.6. The largest absolute Gasteiger partial charge is 1.00 e. The van der Waals surface area contributed by atoms with Crippen molar-refractivity contribution in [2.75, 3.05) is 0 Å². The van der Waals surface area contributed by atoms with Gasteiger partial charge in [0.1, 0.15) is 0 Å². The van der Waals surface area contributed by atoms with Gasteiger partial charge < -0.3 is 25.1 Å². The zero-order valence-electron chi connectivity index (χ0n) is 17.7. The van der Waals surface area contributed by atoms with E-state index in [0.29, 0.717) is 0 Å². The van der Waals surface area contributed by atoms with Crippen LogP contribution in [0.1, 0.15) is 27.7 Å². The maximum absolute atomic E-state index is 9.10. The van der Waals surface area contributed by atoms with Crippen LogP contribution in [0, 0.1) is 14.9 Å². The van der Waals surface area contributed by atoms with Gasteiger partial charge in [0.2, 0.25) is 0 Å². The third kappa shape index (κ3) is 26.1. The van der Waals surface area contributed by atoms with Gasteiger partial charge in [-0.15, -0.1) is 24.6 Å². The van der Waals surface area contributed by atoms with Gasteiger partial charge >= 0.3 is 46.1 Å². The molecule has 0 spiro atoms. The molecule has 4 nitrogen and oxygen atoms in total. The Bertz CT molecular complexity index is 323. The maximum Gasteiger partial charge on any atom is 1.00 e. The van der Waals surface area contributed by atoms with Crippen LogP contribution >= 0.6 is 0 Å². The SMILES string of the molecule is C=C[Si](C)(CC)CC.C=C[Si](C)(CC)CC.O=C(O)C(=O)O.[CH3-].[CH3-].[Cu+].[Cu+]. The fourth-order valence-electron chi connectivity index (χ4n) is 1.08. The van der Waals surface area contributed by atoms with Crippen LogP contribution in [0.5, 0.6) is 0 Å². The molecule has 0 aliphatic rings. The van der Waals surface area contributed by atoms with Gasteiger partial charge in [-0.3, -0.25) is 0 Å². The van der Waals surface area contributed by atoms with Gasteiger partial charge in [0.15, 0.2) is 0 Å². The summed E-state index contributed by atoms with van der Waals surface area (Å²) in [4.78, 5) is 18.2. The Balaban J connectivity index is -0.0000000391. The first-order valence-corrected chi connectivity index (χ1v) is 13.7. The topological polar surface area (TPSA) is 74.6 Å². The van der Waals surface area contributed by atoms with Gasteiger partial charge in [-0.1, -0.05) is 65.0 Å². The normalized spacial score (nSPS) is 8.69. The third-order valence-electron chi connectivity index (χ3n) is 4.40. The quantitative estimate of drug-likeness (QED) is 0.277. The van der Waals surface area contributed by atoms with Crippen LogP contribution < -0.4 is 0 Å². The molecule has 166 valence electrons. The molecule has 26 heavy (non-hydrogen) atoms. The molecule has 0 saturated carbocycles. The van der Waals surface area contributed by atoms with E-state index < -0.39 is 28.1 Å². The summed E-state index contributed by atoms with van der Waals surface area (Å²) in [7, 11) is -1.81. The molecular weight excluding hydrogens is 463 g/mol. The monoisotopic (exact) mass is 502 g/mol. The Morgan fingerprint density at radius 1 is 0.731 bits per heavy atom. The molecule has 0 saturated heterocycles. The van der Waals surface area contributed by atoms with Gasteiger partial charge in [-0.05, 0) is 0 Å². The average Bonchev–Trinajstić information content (AvgIpc) is 2.54. The van der Waals surface area contributed by atoms with Gasteiger partial charge in [0.05, 0.1) is 16.1 Å². The molecule has 0 aromatic rings. The summed E-state index contributed by atoms with van der Waals surface area (Å²) < 4.78 is 0. The van der Waals surface area contributed by atoms with Crippen molar-refractivity contribution in [2.24, 2.45) is 0 Å². The summed E-state index contributed by atoms with van der Waals surface area (Å²) in [6.07, 6.45) is 0. The van der Waals surface area contributed by atoms with Crippen molar-refractivity contribution in [1.82, 2.24) is 0 Å². The van der Waals surface area contributed by atoms with E-state index in [1.54, 1.807) is 0 Å². The molecule has 8 heteroatoms. The minimum Gasteiger partial charge on any atom is -0.473 e. The van der Waals surface area contributed by atoms with Crippen LogP contribution in [-0.2, 0) is 43.7 Å². The Morgan fingerprint density at radius 3 is 0.885 bits per heavy atom. The second-order valence-corrected chi connectivity index (χ2v) is 16.0. The molecule has 0 atom stereocenters. The van der Waals surface area contributed by atoms with Crippen LogP contribution in [0.4, 0.5) is 0 Å². The average molecular weight is 504 g/mol. The van der Waals surface area contributed by atoms with Crippen molar-refractivity contribution in [1.29, 1.82) is 0 Å². The van der Waals surface area contributed by atoms with Crippen molar-refractivity contribution in [2.45, 2.75) is 65.0 Å². The number of aliphatic carboxylic acids is 2. The molecule has 0 aliphatic carbocycles. The Morgan fingerprint density at radius 2 is 0.885 bits per heavy atom. The molecule has 0 unspecified atom stereocenters. The maximum atomic E-state index is 9.10. The molecule has 0 rings (SSSR count). The van der Waals surface area contributed by atoms with Crippen molar-refractivity contribution in [3.63, 3.8) is 0 Å². The Kier molecular flexibility index (Phi) is 43.0. The minimum atomic E-state index is -1.82. The molecule has 0 heterocycles. The Labute approximate surface area is 185 Å². The van der Waals surface area contributed by atoms with E-state index in [9.17, 15) is 0 Å². The molecule has 0 aromatic heterocycles. The standard InChI is InChI=1S/2C7H16Si.C2H2O4.2CH3.2Cu/c2*1-5-8(4,6-2)7-3;3-1(4)2(5)6;;;;/h2*5H,1,6-7H2,2-4H3;(H,3,4)(H,5,6);2*1H3;;/q;;;2*-1;2*+1. The van der Waals surface area contributed by atoms with Gasteiger partial charge in [-0.2, -0.15) is 0 Å². The first-order valence-electron chi connectivity index (χ1n) is 7.74. The predicted octanol–water partition coefficient (Wildman–Crippen LogP) is 5.71.